The van der Waals surface area contributed by atoms with Crippen LogP contribution >= 0.6 is 0 Å². The van der Waals surface area contributed by atoms with E-state index in [0.29, 0.717) is 12.2 Å². The molecule has 6 nitrogen and oxygen atoms in total. The molecule has 0 unspecified atom stereocenters. The molecule has 0 heterocycles. The first-order valence-electron chi connectivity index (χ1n) is 8.76. The Morgan fingerprint density at radius 3 is 2.30 bits per heavy atom. The van der Waals surface area contributed by atoms with Gasteiger partial charge < -0.3 is 14.6 Å². The molecule has 0 saturated heterocycles. The molecule has 142 valence electrons. The van der Waals surface area contributed by atoms with E-state index in [-0.39, 0.29) is 47.9 Å². The number of carbonyl (C=O) groups excluding carboxylic acids is 3. The van der Waals surface area contributed by atoms with Crippen molar-refractivity contribution in [1.82, 2.24) is 0 Å². The number of para-hydroxylation sites is 1. The van der Waals surface area contributed by atoms with E-state index in [9.17, 15) is 19.5 Å². The summed E-state index contributed by atoms with van der Waals surface area (Å²) in [5.41, 5.74) is 1.12. The molecule has 0 aliphatic carbocycles. The Hall–Kier alpha value is -3.15. The van der Waals surface area contributed by atoms with Gasteiger partial charge >= 0.3 is 11.9 Å². The van der Waals surface area contributed by atoms with E-state index in [1.54, 1.807) is 44.2 Å². The molecule has 2 rings (SSSR count). The van der Waals surface area contributed by atoms with E-state index in [0.717, 1.165) is 0 Å². The van der Waals surface area contributed by atoms with Gasteiger partial charge in [-0.25, -0.2) is 4.79 Å². The molecule has 0 bridgehead atoms. The van der Waals surface area contributed by atoms with Gasteiger partial charge in [0.1, 0.15) is 5.75 Å². The Bertz CT molecular complexity index is 840. The number of phenolic OH excluding ortho intramolecular Hbond substituents is 1. The zero-order valence-electron chi connectivity index (χ0n) is 15.4. The lowest BCUT2D eigenvalue weighted by molar-refractivity contribution is -0.143. The van der Waals surface area contributed by atoms with Crippen LogP contribution < -0.4 is 0 Å². The minimum absolute atomic E-state index is 0.109. The molecule has 0 radical (unpaired) electrons. The van der Waals surface area contributed by atoms with Crippen molar-refractivity contribution in [1.29, 1.82) is 0 Å². The number of esters is 2. The molecule has 0 spiro atoms. The lowest BCUT2D eigenvalue weighted by Crippen LogP contribution is -2.09. The van der Waals surface area contributed by atoms with E-state index in [1.165, 1.54) is 12.1 Å². The molecule has 0 atom stereocenters. The third kappa shape index (κ3) is 5.17. The molecule has 1 N–H and O–H groups in total. The van der Waals surface area contributed by atoms with Gasteiger partial charge in [-0.05, 0) is 44.0 Å². The largest absolute Gasteiger partial charge is 0.507 e. The summed E-state index contributed by atoms with van der Waals surface area (Å²) < 4.78 is 9.82. The molecule has 0 aliphatic rings. The van der Waals surface area contributed by atoms with Crippen LogP contribution in [0.4, 0.5) is 0 Å². The first-order valence-corrected chi connectivity index (χ1v) is 8.76. The minimum Gasteiger partial charge on any atom is -0.507 e. The Morgan fingerprint density at radius 1 is 0.926 bits per heavy atom. The number of ketones is 1. The topological polar surface area (TPSA) is 89.9 Å². The molecule has 0 saturated carbocycles. The average molecular weight is 370 g/mol. The lowest BCUT2D eigenvalue weighted by Gasteiger charge is -2.10. The summed E-state index contributed by atoms with van der Waals surface area (Å²) in [5, 5.41) is 10.5. The smallest absolute Gasteiger partial charge is 0.338 e. The Labute approximate surface area is 157 Å². The van der Waals surface area contributed by atoms with E-state index < -0.39 is 11.8 Å². The number of rotatable bonds is 8. The number of hydrogen-bond donors (Lipinski definition) is 1. The van der Waals surface area contributed by atoms with Gasteiger partial charge in [-0.3, -0.25) is 9.59 Å². The summed E-state index contributed by atoms with van der Waals surface area (Å²) >= 11 is 0. The number of phenols is 1. The summed E-state index contributed by atoms with van der Waals surface area (Å²) in [7, 11) is 0. The average Bonchev–Trinajstić information content (AvgIpc) is 2.67. The molecule has 2 aromatic rings. The number of aryl methyl sites for hydroxylation is 1. The molecular weight excluding hydrogens is 348 g/mol. The van der Waals surface area contributed by atoms with Crippen molar-refractivity contribution in [3.63, 3.8) is 0 Å². The van der Waals surface area contributed by atoms with Crippen LogP contribution in [-0.4, -0.2) is 36.0 Å². The van der Waals surface area contributed by atoms with Crippen molar-refractivity contribution < 1.29 is 29.0 Å². The van der Waals surface area contributed by atoms with Crippen LogP contribution in [0.2, 0.25) is 0 Å². The maximum atomic E-state index is 12.8. The maximum Gasteiger partial charge on any atom is 0.338 e. The molecule has 27 heavy (non-hydrogen) atoms. The number of benzene rings is 2. The second-order valence-corrected chi connectivity index (χ2v) is 5.75. The highest BCUT2D eigenvalue weighted by atomic mass is 16.5. The van der Waals surface area contributed by atoms with Gasteiger partial charge in [0, 0.05) is 12.0 Å². The van der Waals surface area contributed by atoms with Gasteiger partial charge in [0.05, 0.1) is 24.3 Å². The van der Waals surface area contributed by atoms with E-state index in [2.05, 4.69) is 0 Å². The van der Waals surface area contributed by atoms with E-state index in [1.807, 2.05) is 0 Å². The monoisotopic (exact) mass is 370 g/mol. The normalized spacial score (nSPS) is 10.3. The molecule has 2 aromatic carbocycles. The van der Waals surface area contributed by atoms with Crippen LogP contribution in [0.15, 0.2) is 42.5 Å². The zero-order chi connectivity index (χ0) is 19.8. The van der Waals surface area contributed by atoms with E-state index in [4.69, 9.17) is 9.47 Å². The van der Waals surface area contributed by atoms with Gasteiger partial charge in [0.2, 0.25) is 0 Å². The zero-order valence-corrected chi connectivity index (χ0v) is 15.4. The Morgan fingerprint density at radius 2 is 1.59 bits per heavy atom. The van der Waals surface area contributed by atoms with Gasteiger partial charge in [-0.15, -0.1) is 0 Å². The molecule has 6 heteroatoms. The number of hydrogen-bond acceptors (Lipinski definition) is 6. The summed E-state index contributed by atoms with van der Waals surface area (Å²) in [6.45, 7) is 3.95. The highest BCUT2D eigenvalue weighted by Crippen LogP contribution is 2.26. The van der Waals surface area contributed by atoms with Gasteiger partial charge in [-0.2, -0.15) is 0 Å². The fraction of sp³-hybridized carbons (Fsp3) is 0.286. The van der Waals surface area contributed by atoms with Crippen molar-refractivity contribution in [2.24, 2.45) is 0 Å². The van der Waals surface area contributed by atoms with Crippen LogP contribution in [0.25, 0.3) is 0 Å². The van der Waals surface area contributed by atoms with Crippen LogP contribution in [0.5, 0.6) is 5.75 Å². The van der Waals surface area contributed by atoms with Crippen molar-refractivity contribution in [2.45, 2.75) is 26.7 Å². The molecule has 0 fully saturated rings. The fourth-order valence-electron chi connectivity index (χ4n) is 2.60. The Kier molecular flexibility index (Phi) is 7.11. The van der Waals surface area contributed by atoms with Crippen molar-refractivity contribution in [3.8, 4) is 5.75 Å². The number of aromatic hydroxyl groups is 1. The quantitative estimate of drug-likeness (QED) is 0.566. The standard InChI is InChI=1S/C21H22O6/c1-3-26-18(22)12-11-14-7-6-10-17(19(14)23)20(24)15-8-5-9-16(13-15)21(25)27-4-2/h5-10,13,23H,3-4,11-12H2,1-2H3. The number of carbonyl (C=O) groups is 3. The van der Waals surface area contributed by atoms with Crippen LogP contribution in [0.1, 0.15) is 52.1 Å². The predicted molar refractivity (Wildman–Crippen MR) is 98.9 cm³/mol. The minimum atomic E-state index is -0.514. The maximum absolute atomic E-state index is 12.8. The lowest BCUT2D eigenvalue weighted by atomic mass is 9.97. The SMILES string of the molecule is CCOC(=O)CCc1cccc(C(=O)c2cccc(C(=O)OCC)c2)c1O. The number of ether oxygens (including phenoxy) is 2. The molecule has 0 amide bonds. The second kappa shape index (κ2) is 9.52. The van der Waals surface area contributed by atoms with Crippen molar-refractivity contribution >= 4 is 17.7 Å². The first-order chi connectivity index (χ1) is 13.0. The Balaban J connectivity index is 2.24. The van der Waals surface area contributed by atoms with Crippen molar-refractivity contribution in [2.75, 3.05) is 13.2 Å². The third-order valence-electron chi connectivity index (χ3n) is 3.90. The fourth-order valence-corrected chi connectivity index (χ4v) is 2.60. The summed E-state index contributed by atoms with van der Waals surface area (Å²) in [5.74, 6) is -1.47. The van der Waals surface area contributed by atoms with E-state index >= 15 is 0 Å². The first kappa shape index (κ1) is 20.2. The summed E-state index contributed by atoms with van der Waals surface area (Å²) in [6.07, 6.45) is 0.367. The van der Waals surface area contributed by atoms with Gasteiger partial charge in [0.25, 0.3) is 0 Å². The third-order valence-corrected chi connectivity index (χ3v) is 3.90. The second-order valence-electron chi connectivity index (χ2n) is 5.75. The molecular formula is C21H22O6. The van der Waals surface area contributed by atoms with Gasteiger partial charge in [-0.1, -0.05) is 24.3 Å². The summed E-state index contributed by atoms with van der Waals surface area (Å²) in [6, 6.07) is 10.9. The van der Waals surface area contributed by atoms with Gasteiger partial charge in [0.15, 0.2) is 5.78 Å². The van der Waals surface area contributed by atoms with Crippen LogP contribution in [0, 0.1) is 0 Å². The predicted octanol–water partition coefficient (Wildman–Crippen LogP) is 3.30. The molecule has 0 aliphatic heterocycles. The molecule has 0 aromatic heterocycles. The van der Waals surface area contributed by atoms with Crippen LogP contribution in [-0.2, 0) is 20.7 Å². The highest BCUT2D eigenvalue weighted by Gasteiger charge is 2.18. The highest BCUT2D eigenvalue weighted by molar-refractivity contribution is 6.11. The summed E-state index contributed by atoms with van der Waals surface area (Å²) in [4.78, 5) is 36.1. The van der Waals surface area contributed by atoms with Crippen molar-refractivity contribution in [3.05, 3.63) is 64.7 Å². The van der Waals surface area contributed by atoms with Crippen LogP contribution in [0.3, 0.4) is 0 Å².